The predicted octanol–water partition coefficient (Wildman–Crippen LogP) is 4.02. The van der Waals surface area contributed by atoms with Crippen molar-refractivity contribution in [3.8, 4) is 0 Å². The molecule has 0 saturated heterocycles. The van der Waals surface area contributed by atoms with Gasteiger partial charge >= 0.3 is 0 Å². The molecule has 0 spiro atoms. The fraction of sp³-hybridized carbons (Fsp3) is 0.100. The molecule has 3 rings (SSSR count). The van der Waals surface area contributed by atoms with Crippen LogP contribution in [0.25, 0.3) is 0 Å². The Morgan fingerprint density at radius 3 is 2.34 bits per heavy atom. The largest absolute Gasteiger partial charge is 0.326 e. The highest BCUT2D eigenvalue weighted by Gasteiger charge is 2.13. The third kappa shape index (κ3) is 5.32. The third-order valence-electron chi connectivity index (χ3n) is 3.71. The molecular weight excluding hydrogens is 380 g/mol. The zero-order chi connectivity index (χ0) is 21.0. The molecule has 148 valence electrons. The number of hydrogen-bond acceptors (Lipinski definition) is 5. The number of amides is 2. The fourth-order valence-corrected chi connectivity index (χ4v) is 2.53. The van der Waals surface area contributed by atoms with Crippen LogP contribution < -0.4 is 16.0 Å². The third-order valence-corrected chi connectivity index (χ3v) is 3.71. The summed E-state index contributed by atoms with van der Waals surface area (Å²) in [6.45, 7) is 3.04. The van der Waals surface area contributed by atoms with E-state index < -0.39 is 17.5 Å². The summed E-state index contributed by atoms with van der Waals surface area (Å²) in [5.74, 6) is -2.27. The number of aryl methyl sites for hydroxylation is 1. The van der Waals surface area contributed by atoms with Crippen LogP contribution in [0, 0.1) is 18.6 Å². The van der Waals surface area contributed by atoms with E-state index in [2.05, 4.69) is 25.9 Å². The molecule has 2 aromatic carbocycles. The molecule has 0 bridgehead atoms. The second-order valence-corrected chi connectivity index (χ2v) is 6.18. The molecule has 3 aromatic rings. The minimum Gasteiger partial charge on any atom is -0.326 e. The number of rotatable bonds is 5. The molecule has 29 heavy (non-hydrogen) atoms. The molecule has 0 aliphatic heterocycles. The first-order valence-corrected chi connectivity index (χ1v) is 8.57. The van der Waals surface area contributed by atoms with Crippen LogP contribution in [0.15, 0.2) is 48.5 Å². The van der Waals surface area contributed by atoms with Gasteiger partial charge in [0.1, 0.15) is 17.3 Å². The van der Waals surface area contributed by atoms with E-state index in [1.54, 1.807) is 31.2 Å². The minimum atomic E-state index is -0.809. The van der Waals surface area contributed by atoms with Gasteiger partial charge in [-0.15, -0.1) is 0 Å². The van der Waals surface area contributed by atoms with Crippen molar-refractivity contribution in [3.05, 3.63) is 71.6 Å². The minimum absolute atomic E-state index is 0.00680. The normalized spacial score (nSPS) is 10.3. The summed E-state index contributed by atoms with van der Waals surface area (Å²) in [4.78, 5) is 32.0. The molecule has 3 N–H and O–H groups in total. The number of hydrogen-bond donors (Lipinski definition) is 3. The van der Waals surface area contributed by atoms with Crippen LogP contribution in [0.1, 0.15) is 23.1 Å². The van der Waals surface area contributed by atoms with Crippen LogP contribution >= 0.6 is 0 Å². The predicted molar refractivity (Wildman–Crippen MR) is 105 cm³/mol. The van der Waals surface area contributed by atoms with E-state index in [1.807, 2.05) is 0 Å². The molecule has 1 heterocycles. The summed E-state index contributed by atoms with van der Waals surface area (Å²) in [5.41, 5.74) is 1.49. The van der Waals surface area contributed by atoms with E-state index in [9.17, 15) is 18.4 Å². The van der Waals surface area contributed by atoms with Crippen LogP contribution in [0.4, 0.5) is 31.8 Å². The molecule has 0 atom stereocenters. The van der Waals surface area contributed by atoms with Crippen LogP contribution in [-0.4, -0.2) is 21.8 Å². The van der Waals surface area contributed by atoms with Crippen molar-refractivity contribution >= 4 is 34.8 Å². The standard InChI is InChI=1S/C20H17F2N5O2/c1-11-8-18(19(29)25-15-5-3-4-14(10-15)24-12(2)28)27-20(23-11)26-17-7-6-13(21)9-16(17)22/h3-10H,1-2H3,(H,24,28)(H,25,29)(H,23,26,27). The molecule has 0 unspecified atom stereocenters. The summed E-state index contributed by atoms with van der Waals surface area (Å²) in [6, 6.07) is 11.1. The number of nitrogens with one attached hydrogen (secondary N) is 3. The molecule has 1 aromatic heterocycles. The van der Waals surface area contributed by atoms with E-state index in [0.29, 0.717) is 17.1 Å². The number of halogens is 2. The number of aromatic nitrogens is 2. The van der Waals surface area contributed by atoms with Crippen LogP contribution in [0.5, 0.6) is 0 Å². The zero-order valence-electron chi connectivity index (χ0n) is 15.6. The van der Waals surface area contributed by atoms with Crippen molar-refractivity contribution in [2.45, 2.75) is 13.8 Å². The lowest BCUT2D eigenvalue weighted by Crippen LogP contribution is -2.16. The Morgan fingerprint density at radius 1 is 0.931 bits per heavy atom. The molecule has 0 fully saturated rings. The maximum absolute atomic E-state index is 13.8. The fourth-order valence-electron chi connectivity index (χ4n) is 2.53. The Labute approximate surface area is 165 Å². The van der Waals surface area contributed by atoms with Crippen LogP contribution in [-0.2, 0) is 4.79 Å². The van der Waals surface area contributed by atoms with Gasteiger partial charge in [0.05, 0.1) is 5.69 Å². The molecule has 7 nitrogen and oxygen atoms in total. The van der Waals surface area contributed by atoms with Crippen molar-refractivity contribution in [1.29, 1.82) is 0 Å². The lowest BCUT2D eigenvalue weighted by Gasteiger charge is -2.10. The molecule has 0 radical (unpaired) electrons. The molecule has 2 amide bonds. The van der Waals surface area contributed by atoms with Crippen molar-refractivity contribution in [2.24, 2.45) is 0 Å². The number of carbonyl (C=O) groups is 2. The Bertz CT molecular complexity index is 1090. The number of benzene rings is 2. The van der Waals surface area contributed by atoms with E-state index >= 15 is 0 Å². The first-order chi connectivity index (χ1) is 13.8. The molecule has 9 heteroatoms. The highest BCUT2D eigenvalue weighted by atomic mass is 19.1. The SMILES string of the molecule is CC(=O)Nc1cccc(NC(=O)c2cc(C)nc(Nc3ccc(F)cc3F)n2)c1. The van der Waals surface area contributed by atoms with Gasteiger partial charge in [-0.25, -0.2) is 18.7 Å². The molecule has 0 saturated carbocycles. The Morgan fingerprint density at radius 2 is 1.66 bits per heavy atom. The highest BCUT2D eigenvalue weighted by Crippen LogP contribution is 2.20. The average Bonchev–Trinajstić information content (AvgIpc) is 2.63. The van der Waals surface area contributed by atoms with E-state index in [0.717, 1.165) is 12.1 Å². The summed E-state index contributed by atoms with van der Waals surface area (Å²) in [7, 11) is 0. The van der Waals surface area contributed by atoms with Crippen molar-refractivity contribution in [3.63, 3.8) is 0 Å². The maximum atomic E-state index is 13.8. The first kappa shape index (κ1) is 19.9. The first-order valence-electron chi connectivity index (χ1n) is 8.57. The van der Waals surface area contributed by atoms with Gasteiger partial charge in [0, 0.05) is 30.1 Å². The summed E-state index contributed by atoms with van der Waals surface area (Å²) >= 11 is 0. The van der Waals surface area contributed by atoms with E-state index in [1.165, 1.54) is 19.1 Å². The lowest BCUT2D eigenvalue weighted by atomic mass is 10.2. The van der Waals surface area contributed by atoms with Gasteiger partial charge in [-0.05, 0) is 43.3 Å². The van der Waals surface area contributed by atoms with Gasteiger partial charge in [-0.2, -0.15) is 0 Å². The monoisotopic (exact) mass is 397 g/mol. The summed E-state index contributed by atoms with van der Waals surface area (Å²) < 4.78 is 26.9. The van der Waals surface area contributed by atoms with Gasteiger partial charge in [-0.1, -0.05) is 6.07 Å². The van der Waals surface area contributed by atoms with Crippen molar-refractivity contribution in [1.82, 2.24) is 9.97 Å². The summed E-state index contributed by atoms with van der Waals surface area (Å²) in [5, 5.41) is 7.94. The summed E-state index contributed by atoms with van der Waals surface area (Å²) in [6.07, 6.45) is 0. The second-order valence-electron chi connectivity index (χ2n) is 6.18. The van der Waals surface area contributed by atoms with Gasteiger partial charge in [0.15, 0.2) is 0 Å². The van der Waals surface area contributed by atoms with Crippen LogP contribution in [0.2, 0.25) is 0 Å². The second kappa shape index (κ2) is 8.42. The lowest BCUT2D eigenvalue weighted by molar-refractivity contribution is -0.114. The Hall–Kier alpha value is -3.88. The topological polar surface area (TPSA) is 96.0 Å². The Balaban J connectivity index is 1.80. The number of nitrogens with zero attached hydrogens (tertiary/aromatic N) is 2. The molecule has 0 aliphatic rings. The van der Waals surface area contributed by atoms with E-state index in [4.69, 9.17) is 0 Å². The number of anilines is 4. The highest BCUT2D eigenvalue weighted by molar-refractivity contribution is 6.03. The van der Waals surface area contributed by atoms with Gasteiger partial charge < -0.3 is 16.0 Å². The zero-order valence-corrected chi connectivity index (χ0v) is 15.6. The van der Waals surface area contributed by atoms with Crippen molar-refractivity contribution < 1.29 is 18.4 Å². The molecular formula is C20H17F2N5O2. The van der Waals surface area contributed by atoms with Gasteiger partial charge in [0.25, 0.3) is 5.91 Å². The quantitative estimate of drug-likeness (QED) is 0.604. The van der Waals surface area contributed by atoms with E-state index in [-0.39, 0.29) is 23.2 Å². The Kier molecular flexibility index (Phi) is 5.77. The maximum Gasteiger partial charge on any atom is 0.274 e. The van der Waals surface area contributed by atoms with Gasteiger partial charge in [0.2, 0.25) is 11.9 Å². The average molecular weight is 397 g/mol. The number of carbonyl (C=O) groups excluding carboxylic acids is 2. The molecule has 0 aliphatic carbocycles. The smallest absolute Gasteiger partial charge is 0.274 e. The van der Waals surface area contributed by atoms with Crippen molar-refractivity contribution in [2.75, 3.05) is 16.0 Å². The van der Waals surface area contributed by atoms with Gasteiger partial charge in [-0.3, -0.25) is 9.59 Å². The van der Waals surface area contributed by atoms with Crippen LogP contribution in [0.3, 0.4) is 0 Å².